The minimum atomic E-state index is -1.59. The first-order valence-corrected chi connectivity index (χ1v) is 5.33. The highest BCUT2D eigenvalue weighted by atomic mass is 35.5. The van der Waals surface area contributed by atoms with E-state index in [9.17, 15) is 13.2 Å². The fourth-order valence-electron chi connectivity index (χ4n) is 1.18. The summed E-state index contributed by atoms with van der Waals surface area (Å²) in [5.74, 6) is -4.26. The van der Waals surface area contributed by atoms with Crippen LogP contribution in [0.1, 0.15) is 0 Å². The topological polar surface area (TPSA) is 37.8 Å². The molecule has 0 radical (unpaired) electrons. The molecule has 0 saturated heterocycles. The van der Waals surface area contributed by atoms with Gasteiger partial charge in [-0.3, -0.25) is 0 Å². The van der Waals surface area contributed by atoms with Crippen molar-refractivity contribution in [3.8, 4) is 0 Å². The monoisotopic (exact) mass is 293 g/mol. The zero-order valence-electron chi connectivity index (χ0n) is 8.52. The minimum Gasteiger partial charge on any atom is -0.336 e. The average Bonchev–Trinajstić information content (AvgIpc) is 2.34. The zero-order chi connectivity index (χ0) is 13.3. The molecule has 0 saturated carbocycles. The molecule has 8 heteroatoms. The van der Waals surface area contributed by atoms with E-state index in [1.54, 1.807) is 0 Å². The number of nitrogens with zero attached hydrogens (tertiary/aromatic N) is 2. The Balaban J connectivity index is 2.40. The van der Waals surface area contributed by atoms with Gasteiger partial charge in [-0.25, -0.2) is 18.2 Å². The van der Waals surface area contributed by atoms with Gasteiger partial charge in [0.05, 0.1) is 11.9 Å². The summed E-state index contributed by atoms with van der Waals surface area (Å²) < 4.78 is 39.1. The molecule has 1 aromatic heterocycles. The van der Waals surface area contributed by atoms with Crippen LogP contribution in [0.4, 0.5) is 24.7 Å². The van der Waals surface area contributed by atoms with Crippen molar-refractivity contribution in [2.75, 3.05) is 5.32 Å². The summed E-state index contributed by atoms with van der Waals surface area (Å²) in [5, 5.41) is 2.34. The van der Waals surface area contributed by atoms with Crippen LogP contribution in [-0.2, 0) is 0 Å². The molecule has 0 bridgehead atoms. The van der Waals surface area contributed by atoms with Gasteiger partial charge < -0.3 is 5.32 Å². The Morgan fingerprint density at radius 1 is 1.06 bits per heavy atom. The van der Waals surface area contributed by atoms with Crippen molar-refractivity contribution in [3.63, 3.8) is 0 Å². The number of aromatic nitrogens is 2. The second-order valence-electron chi connectivity index (χ2n) is 3.18. The molecule has 2 aromatic rings. The second-order valence-corrected chi connectivity index (χ2v) is 3.93. The van der Waals surface area contributed by atoms with Gasteiger partial charge in [0.25, 0.3) is 0 Å². The Morgan fingerprint density at radius 2 is 1.78 bits per heavy atom. The van der Waals surface area contributed by atoms with E-state index in [2.05, 4.69) is 15.3 Å². The molecule has 0 unspecified atom stereocenters. The lowest BCUT2D eigenvalue weighted by molar-refractivity contribution is 0.449. The van der Waals surface area contributed by atoms with Crippen LogP contribution in [0.25, 0.3) is 0 Å². The average molecular weight is 294 g/mol. The second kappa shape index (κ2) is 4.99. The van der Waals surface area contributed by atoms with Gasteiger partial charge in [0.15, 0.2) is 23.3 Å². The van der Waals surface area contributed by atoms with Crippen molar-refractivity contribution in [2.24, 2.45) is 0 Å². The van der Waals surface area contributed by atoms with E-state index in [1.807, 2.05) is 0 Å². The van der Waals surface area contributed by atoms with Crippen LogP contribution in [0.3, 0.4) is 0 Å². The van der Waals surface area contributed by atoms with E-state index in [0.717, 1.165) is 12.1 Å². The number of hydrogen-bond acceptors (Lipinski definition) is 3. The van der Waals surface area contributed by atoms with Crippen molar-refractivity contribution >= 4 is 34.7 Å². The van der Waals surface area contributed by atoms with Crippen LogP contribution in [0, 0.1) is 17.5 Å². The van der Waals surface area contributed by atoms with E-state index in [4.69, 9.17) is 23.2 Å². The molecule has 3 nitrogen and oxygen atoms in total. The minimum absolute atomic E-state index is 0.0124. The third-order valence-corrected chi connectivity index (χ3v) is 2.46. The van der Waals surface area contributed by atoms with Crippen LogP contribution < -0.4 is 5.32 Å². The van der Waals surface area contributed by atoms with Crippen LogP contribution in [0.5, 0.6) is 0 Å². The molecule has 0 aliphatic heterocycles. The van der Waals surface area contributed by atoms with Crippen LogP contribution in [0.2, 0.25) is 10.3 Å². The number of benzene rings is 1. The molecule has 94 valence electrons. The predicted octanol–water partition coefficient (Wildman–Crippen LogP) is 3.94. The van der Waals surface area contributed by atoms with Gasteiger partial charge in [0.2, 0.25) is 5.28 Å². The first kappa shape index (κ1) is 12.9. The van der Waals surface area contributed by atoms with Gasteiger partial charge in [-0.15, -0.1) is 0 Å². The van der Waals surface area contributed by atoms with Crippen LogP contribution in [-0.4, -0.2) is 9.97 Å². The zero-order valence-corrected chi connectivity index (χ0v) is 10.0. The molecule has 1 heterocycles. The molecule has 0 atom stereocenters. The summed E-state index contributed by atoms with van der Waals surface area (Å²) in [6.45, 7) is 0. The number of halogens is 5. The van der Waals surface area contributed by atoms with Crippen molar-refractivity contribution in [1.82, 2.24) is 9.97 Å². The molecule has 1 N–H and O–H groups in total. The summed E-state index contributed by atoms with van der Waals surface area (Å²) in [5.41, 5.74) is -0.314. The molecule has 18 heavy (non-hydrogen) atoms. The first-order chi connectivity index (χ1) is 8.49. The van der Waals surface area contributed by atoms with E-state index in [-0.39, 0.29) is 21.8 Å². The fraction of sp³-hybridized carbons (Fsp3) is 0. The lowest BCUT2D eigenvalue weighted by Gasteiger charge is -2.08. The molecule has 0 fully saturated rings. The molecule has 2 rings (SSSR count). The molecular weight excluding hydrogens is 290 g/mol. The van der Waals surface area contributed by atoms with Crippen molar-refractivity contribution in [1.29, 1.82) is 0 Å². The largest absolute Gasteiger partial charge is 0.336 e. The molecule has 0 aliphatic rings. The highest BCUT2D eigenvalue weighted by molar-refractivity contribution is 6.33. The van der Waals surface area contributed by atoms with Crippen LogP contribution >= 0.6 is 23.2 Å². The SMILES string of the molecule is Fc1ccc(Nc2nc(Cl)ncc2Cl)c(F)c1F. The number of rotatable bonds is 2. The van der Waals surface area contributed by atoms with Gasteiger partial charge >= 0.3 is 0 Å². The first-order valence-electron chi connectivity index (χ1n) is 4.57. The maximum Gasteiger partial charge on any atom is 0.224 e. The molecule has 0 spiro atoms. The molecule has 1 aromatic carbocycles. The van der Waals surface area contributed by atoms with Gasteiger partial charge in [-0.1, -0.05) is 11.6 Å². The Hall–Kier alpha value is -1.53. The smallest absolute Gasteiger partial charge is 0.224 e. The maximum absolute atomic E-state index is 13.4. The van der Waals surface area contributed by atoms with E-state index in [0.29, 0.717) is 0 Å². The van der Waals surface area contributed by atoms with E-state index < -0.39 is 17.5 Å². The van der Waals surface area contributed by atoms with Gasteiger partial charge in [0.1, 0.15) is 5.02 Å². The van der Waals surface area contributed by atoms with Crippen molar-refractivity contribution in [2.45, 2.75) is 0 Å². The summed E-state index contributed by atoms with van der Waals surface area (Å²) >= 11 is 11.3. The highest BCUT2D eigenvalue weighted by Crippen LogP contribution is 2.27. The third kappa shape index (κ3) is 2.49. The standard InChI is InChI=1S/C10H4Cl2F3N3/c11-4-3-16-10(12)18-9(4)17-6-2-1-5(13)7(14)8(6)15/h1-3H,(H,16,17,18). The molecular formula is C10H4Cl2F3N3. The Bertz CT molecular complexity index is 607. The summed E-state index contributed by atoms with van der Waals surface area (Å²) in [4.78, 5) is 7.28. The number of nitrogens with one attached hydrogen (secondary N) is 1. The van der Waals surface area contributed by atoms with Gasteiger partial charge in [-0.2, -0.15) is 4.98 Å². The van der Waals surface area contributed by atoms with Crippen LogP contribution in [0.15, 0.2) is 18.3 Å². The van der Waals surface area contributed by atoms with Gasteiger partial charge in [0, 0.05) is 0 Å². The normalized spacial score (nSPS) is 10.5. The Labute approximate surface area is 110 Å². The Kier molecular flexibility index (Phi) is 3.58. The Morgan fingerprint density at radius 3 is 2.50 bits per heavy atom. The third-order valence-electron chi connectivity index (χ3n) is 2.00. The summed E-state index contributed by atoms with van der Waals surface area (Å²) in [6.07, 6.45) is 1.19. The predicted molar refractivity (Wildman–Crippen MR) is 61.7 cm³/mol. The van der Waals surface area contributed by atoms with E-state index >= 15 is 0 Å². The van der Waals surface area contributed by atoms with Crippen molar-refractivity contribution < 1.29 is 13.2 Å². The van der Waals surface area contributed by atoms with E-state index in [1.165, 1.54) is 6.20 Å². The van der Waals surface area contributed by atoms with Crippen molar-refractivity contribution in [3.05, 3.63) is 46.1 Å². The summed E-state index contributed by atoms with van der Waals surface area (Å²) in [6, 6.07) is 1.79. The quantitative estimate of drug-likeness (QED) is 0.673. The highest BCUT2D eigenvalue weighted by Gasteiger charge is 2.15. The van der Waals surface area contributed by atoms with Gasteiger partial charge in [-0.05, 0) is 23.7 Å². The fourth-order valence-corrected chi connectivity index (χ4v) is 1.45. The number of hydrogen-bond donors (Lipinski definition) is 1. The summed E-state index contributed by atoms with van der Waals surface area (Å²) in [7, 11) is 0. The lowest BCUT2D eigenvalue weighted by Crippen LogP contribution is -2.01. The molecule has 0 aliphatic carbocycles. The number of anilines is 2. The lowest BCUT2D eigenvalue weighted by atomic mass is 10.3. The molecule has 0 amide bonds. The maximum atomic E-state index is 13.4.